The Kier molecular flexibility index (Phi) is 2.64. The van der Waals surface area contributed by atoms with E-state index >= 15 is 0 Å². The highest BCUT2D eigenvalue weighted by Gasteiger charge is 2.47. The highest BCUT2D eigenvalue weighted by molar-refractivity contribution is 6.16. The molecule has 0 N–H and O–H groups in total. The lowest BCUT2D eigenvalue weighted by atomic mass is 9.77. The molecular weight excluding hydrogens is 270 g/mol. The quantitative estimate of drug-likeness (QED) is 0.659. The van der Waals surface area contributed by atoms with E-state index in [2.05, 4.69) is 24.3 Å². The van der Waals surface area contributed by atoms with Crippen molar-refractivity contribution >= 4 is 22.4 Å². The van der Waals surface area contributed by atoms with E-state index in [0.29, 0.717) is 0 Å². The summed E-state index contributed by atoms with van der Waals surface area (Å²) in [5, 5.41) is 2.30. The predicted octanol–water partition coefficient (Wildman–Crippen LogP) is 4.12. The van der Waals surface area contributed by atoms with Gasteiger partial charge in [-0.15, -0.1) is 0 Å². The molecule has 0 bridgehead atoms. The molecular formula is C20H17NO. The Morgan fingerprint density at radius 3 is 2.32 bits per heavy atom. The molecule has 4 rings (SSSR count). The van der Waals surface area contributed by atoms with Crippen molar-refractivity contribution in [3.8, 4) is 0 Å². The Hall–Kier alpha value is -2.61. The van der Waals surface area contributed by atoms with Crippen LogP contribution in [0.2, 0.25) is 0 Å². The van der Waals surface area contributed by atoms with Gasteiger partial charge in [0.2, 0.25) is 5.91 Å². The van der Waals surface area contributed by atoms with Crippen molar-refractivity contribution in [2.24, 2.45) is 0 Å². The first-order valence-electron chi connectivity index (χ1n) is 7.50. The fraction of sp³-hybridized carbons (Fsp3) is 0.150. The van der Waals surface area contributed by atoms with Crippen molar-refractivity contribution in [3.05, 3.63) is 77.9 Å². The van der Waals surface area contributed by atoms with Crippen molar-refractivity contribution < 1.29 is 4.79 Å². The third kappa shape index (κ3) is 1.52. The molecule has 0 aromatic heterocycles. The smallest absolute Gasteiger partial charge is 0.241 e. The number of rotatable bonds is 1. The van der Waals surface area contributed by atoms with Gasteiger partial charge in [-0.25, -0.2) is 0 Å². The third-order valence-corrected chi connectivity index (χ3v) is 4.86. The number of anilines is 1. The van der Waals surface area contributed by atoms with Gasteiger partial charge in [-0.3, -0.25) is 4.79 Å². The summed E-state index contributed by atoms with van der Waals surface area (Å²) in [5.74, 6) is 0.130. The first-order valence-corrected chi connectivity index (χ1v) is 7.50. The number of fused-ring (bicyclic) bond motifs is 3. The molecule has 1 aliphatic rings. The first kappa shape index (κ1) is 13.1. The van der Waals surface area contributed by atoms with Crippen molar-refractivity contribution in [3.63, 3.8) is 0 Å². The highest BCUT2D eigenvalue weighted by Crippen LogP contribution is 2.48. The van der Waals surface area contributed by atoms with E-state index < -0.39 is 5.41 Å². The topological polar surface area (TPSA) is 20.3 Å². The number of hydrogen-bond acceptors (Lipinski definition) is 1. The summed E-state index contributed by atoms with van der Waals surface area (Å²) in [6.07, 6.45) is 0. The number of carbonyl (C=O) groups excluding carboxylic acids is 1. The molecule has 3 aromatic rings. The Bertz CT molecular complexity index is 885. The van der Waals surface area contributed by atoms with Gasteiger partial charge in [-0.05, 0) is 23.4 Å². The monoisotopic (exact) mass is 287 g/mol. The van der Waals surface area contributed by atoms with Crippen molar-refractivity contribution in [1.82, 2.24) is 0 Å². The second-order valence-electron chi connectivity index (χ2n) is 6.04. The first-order chi connectivity index (χ1) is 10.6. The highest BCUT2D eigenvalue weighted by atomic mass is 16.2. The Labute approximate surface area is 130 Å². The lowest BCUT2D eigenvalue weighted by Gasteiger charge is -2.23. The third-order valence-electron chi connectivity index (χ3n) is 4.86. The minimum Gasteiger partial charge on any atom is -0.313 e. The van der Waals surface area contributed by atoms with Crippen LogP contribution in [0.25, 0.3) is 10.8 Å². The summed E-state index contributed by atoms with van der Waals surface area (Å²) in [6, 6.07) is 22.5. The average molecular weight is 287 g/mol. The Balaban J connectivity index is 2.07. The molecule has 108 valence electrons. The van der Waals surface area contributed by atoms with Crippen LogP contribution >= 0.6 is 0 Å². The van der Waals surface area contributed by atoms with E-state index in [0.717, 1.165) is 22.2 Å². The van der Waals surface area contributed by atoms with E-state index in [1.807, 2.05) is 61.3 Å². The summed E-state index contributed by atoms with van der Waals surface area (Å²) < 4.78 is 0. The van der Waals surface area contributed by atoms with E-state index in [1.165, 1.54) is 5.39 Å². The molecule has 22 heavy (non-hydrogen) atoms. The van der Waals surface area contributed by atoms with Crippen LogP contribution in [0.1, 0.15) is 18.1 Å². The summed E-state index contributed by atoms with van der Waals surface area (Å²) in [4.78, 5) is 14.9. The van der Waals surface area contributed by atoms with Crippen LogP contribution in [-0.2, 0) is 10.2 Å². The summed E-state index contributed by atoms with van der Waals surface area (Å²) in [5.41, 5.74) is 2.55. The Morgan fingerprint density at radius 2 is 1.55 bits per heavy atom. The molecule has 1 heterocycles. The van der Waals surface area contributed by atoms with Crippen LogP contribution in [0.3, 0.4) is 0 Å². The number of carbonyl (C=O) groups is 1. The van der Waals surface area contributed by atoms with Crippen LogP contribution in [0.5, 0.6) is 0 Å². The van der Waals surface area contributed by atoms with E-state index in [-0.39, 0.29) is 5.91 Å². The average Bonchev–Trinajstić information content (AvgIpc) is 2.78. The normalized spacial score (nSPS) is 20.5. The van der Waals surface area contributed by atoms with Gasteiger partial charge < -0.3 is 4.90 Å². The van der Waals surface area contributed by atoms with Crippen molar-refractivity contribution in [2.75, 3.05) is 11.9 Å². The summed E-state index contributed by atoms with van der Waals surface area (Å²) in [7, 11) is 1.88. The number of hydrogen-bond donors (Lipinski definition) is 0. The zero-order chi connectivity index (χ0) is 15.3. The van der Waals surface area contributed by atoms with Gasteiger partial charge in [-0.2, -0.15) is 0 Å². The predicted molar refractivity (Wildman–Crippen MR) is 90.3 cm³/mol. The van der Waals surface area contributed by atoms with Crippen LogP contribution in [0.4, 0.5) is 5.69 Å². The van der Waals surface area contributed by atoms with Crippen molar-refractivity contribution in [2.45, 2.75) is 12.3 Å². The molecule has 0 saturated carbocycles. The van der Waals surface area contributed by atoms with Crippen LogP contribution in [0.15, 0.2) is 66.7 Å². The van der Waals surface area contributed by atoms with Gasteiger partial charge in [0.05, 0.1) is 11.1 Å². The molecule has 0 fully saturated rings. The van der Waals surface area contributed by atoms with E-state index in [4.69, 9.17) is 0 Å². The molecule has 1 aliphatic heterocycles. The molecule has 0 saturated heterocycles. The van der Waals surface area contributed by atoms with Gasteiger partial charge >= 0.3 is 0 Å². The maximum Gasteiger partial charge on any atom is 0.241 e. The molecule has 0 aliphatic carbocycles. The van der Waals surface area contributed by atoms with E-state index in [1.54, 1.807) is 0 Å². The van der Waals surface area contributed by atoms with Gasteiger partial charge in [0, 0.05) is 12.4 Å². The number of nitrogens with zero attached hydrogens (tertiary/aromatic N) is 1. The van der Waals surface area contributed by atoms with Crippen LogP contribution < -0.4 is 4.90 Å². The Morgan fingerprint density at radius 1 is 0.864 bits per heavy atom. The maximum atomic E-state index is 13.1. The summed E-state index contributed by atoms with van der Waals surface area (Å²) >= 11 is 0. The van der Waals surface area contributed by atoms with E-state index in [9.17, 15) is 4.79 Å². The molecule has 2 nitrogen and oxygen atoms in total. The molecule has 1 atom stereocenters. The van der Waals surface area contributed by atoms with Crippen molar-refractivity contribution in [1.29, 1.82) is 0 Å². The molecule has 3 aromatic carbocycles. The lowest BCUT2D eigenvalue weighted by molar-refractivity contribution is -0.121. The number of amides is 1. The molecule has 0 spiro atoms. The minimum atomic E-state index is -0.616. The standard InChI is InChI=1S/C20H17NO/c1-20(15-9-4-3-5-10-15)17-13-12-14-8-6-7-11-16(14)18(17)21(2)19(20)22/h3-13H,1-2H3/t20-/m0/s1. The maximum absolute atomic E-state index is 13.1. The molecule has 2 heteroatoms. The minimum absolute atomic E-state index is 0.130. The van der Waals surface area contributed by atoms with Crippen LogP contribution in [0, 0.1) is 0 Å². The molecule has 1 amide bonds. The van der Waals surface area contributed by atoms with Gasteiger partial charge in [0.25, 0.3) is 0 Å². The number of benzene rings is 3. The molecule has 0 unspecified atom stereocenters. The largest absolute Gasteiger partial charge is 0.313 e. The zero-order valence-corrected chi connectivity index (χ0v) is 12.7. The van der Waals surface area contributed by atoms with Crippen LogP contribution in [-0.4, -0.2) is 13.0 Å². The van der Waals surface area contributed by atoms with Gasteiger partial charge in [0.15, 0.2) is 0 Å². The zero-order valence-electron chi connectivity index (χ0n) is 12.7. The second kappa shape index (κ2) is 4.44. The SMILES string of the molecule is CN1C(=O)[C@@](C)(c2ccccc2)c2ccc3ccccc3c21. The number of likely N-dealkylation sites (N-methyl/N-ethyl adjacent to an activating group) is 1. The fourth-order valence-electron chi connectivity index (χ4n) is 3.62. The second-order valence-corrected chi connectivity index (χ2v) is 6.04. The molecule has 0 radical (unpaired) electrons. The van der Waals surface area contributed by atoms with Gasteiger partial charge in [-0.1, -0.05) is 66.7 Å². The lowest BCUT2D eigenvalue weighted by Crippen LogP contribution is -2.36. The summed E-state index contributed by atoms with van der Waals surface area (Å²) in [6.45, 7) is 2.03. The fourth-order valence-corrected chi connectivity index (χ4v) is 3.62. The van der Waals surface area contributed by atoms with Gasteiger partial charge in [0.1, 0.15) is 0 Å².